The highest BCUT2D eigenvalue weighted by Crippen LogP contribution is 2.34. The van der Waals surface area contributed by atoms with Crippen LogP contribution in [0.15, 0.2) is 12.1 Å². The number of hydrogen-bond acceptors (Lipinski definition) is 3. The van der Waals surface area contributed by atoms with Gasteiger partial charge < -0.3 is 10.1 Å². The molecular weight excluding hydrogens is 285 g/mol. The molecule has 1 aliphatic heterocycles. The van der Waals surface area contributed by atoms with Gasteiger partial charge in [0.1, 0.15) is 5.75 Å². The van der Waals surface area contributed by atoms with Crippen molar-refractivity contribution in [2.45, 2.75) is 38.8 Å². The van der Waals surface area contributed by atoms with Crippen LogP contribution in [0.25, 0.3) is 0 Å². The number of benzene rings is 1. The van der Waals surface area contributed by atoms with Gasteiger partial charge in [-0.05, 0) is 45.4 Å². The predicted octanol–water partition coefficient (Wildman–Crippen LogP) is 3.72. The van der Waals surface area contributed by atoms with Gasteiger partial charge >= 0.3 is 0 Å². The minimum Gasteiger partial charge on any atom is -0.489 e. The van der Waals surface area contributed by atoms with E-state index in [0.717, 1.165) is 19.4 Å². The van der Waals surface area contributed by atoms with Crippen molar-refractivity contribution in [2.24, 2.45) is 0 Å². The molecule has 1 heterocycles. The summed E-state index contributed by atoms with van der Waals surface area (Å²) in [5.41, 5.74) is 0.464. The minimum absolute atomic E-state index is 0.00227. The lowest BCUT2D eigenvalue weighted by atomic mass is 10.0. The molecule has 0 amide bonds. The van der Waals surface area contributed by atoms with Gasteiger partial charge in [0.15, 0.2) is 5.78 Å². The first-order valence-electron chi connectivity index (χ1n) is 6.42. The van der Waals surface area contributed by atoms with Gasteiger partial charge in [0.25, 0.3) is 0 Å². The number of carbonyl (C=O) groups is 1. The van der Waals surface area contributed by atoms with Crippen molar-refractivity contribution in [3.63, 3.8) is 0 Å². The summed E-state index contributed by atoms with van der Waals surface area (Å²) in [6.07, 6.45) is 1.79. The number of halogens is 2. The van der Waals surface area contributed by atoms with E-state index in [2.05, 4.69) is 5.32 Å². The molecule has 1 fully saturated rings. The SMILES string of the molecule is CC(C)Oc1c(Cl)cc(Cl)cc1C(=O)C1CCCN1. The summed E-state index contributed by atoms with van der Waals surface area (Å²) in [7, 11) is 0. The second kappa shape index (κ2) is 6.12. The average Bonchev–Trinajstić information content (AvgIpc) is 2.84. The molecular formula is C14H17Cl2NO2. The van der Waals surface area contributed by atoms with Crippen LogP contribution in [0.4, 0.5) is 0 Å². The topological polar surface area (TPSA) is 38.3 Å². The Bertz CT molecular complexity index is 483. The van der Waals surface area contributed by atoms with Crippen molar-refractivity contribution < 1.29 is 9.53 Å². The molecule has 3 nitrogen and oxygen atoms in total. The normalized spacial score (nSPS) is 18.9. The number of hydrogen-bond donors (Lipinski definition) is 1. The first kappa shape index (κ1) is 14.6. The summed E-state index contributed by atoms with van der Waals surface area (Å²) < 4.78 is 5.67. The molecule has 1 aliphatic rings. The quantitative estimate of drug-likeness (QED) is 0.862. The van der Waals surface area contributed by atoms with Crippen molar-refractivity contribution in [2.75, 3.05) is 6.54 Å². The van der Waals surface area contributed by atoms with Gasteiger partial charge in [-0.2, -0.15) is 0 Å². The zero-order valence-corrected chi connectivity index (χ0v) is 12.5. The molecule has 5 heteroatoms. The Kier molecular flexibility index (Phi) is 4.71. The molecule has 1 aromatic carbocycles. The molecule has 19 heavy (non-hydrogen) atoms. The number of ether oxygens (including phenoxy) is 1. The zero-order valence-electron chi connectivity index (χ0n) is 11.0. The third kappa shape index (κ3) is 3.41. The Morgan fingerprint density at radius 2 is 2.16 bits per heavy atom. The largest absolute Gasteiger partial charge is 0.489 e. The maximum absolute atomic E-state index is 12.5. The van der Waals surface area contributed by atoms with Crippen molar-refractivity contribution in [1.29, 1.82) is 0 Å². The second-order valence-corrected chi connectivity index (χ2v) is 5.79. The molecule has 1 saturated heterocycles. The summed E-state index contributed by atoms with van der Waals surface area (Å²) in [4.78, 5) is 12.5. The molecule has 104 valence electrons. The molecule has 0 bridgehead atoms. The maximum atomic E-state index is 12.5. The second-order valence-electron chi connectivity index (χ2n) is 4.94. The van der Waals surface area contributed by atoms with E-state index in [1.807, 2.05) is 13.8 Å². The van der Waals surface area contributed by atoms with E-state index in [1.54, 1.807) is 12.1 Å². The van der Waals surface area contributed by atoms with Crippen LogP contribution in [-0.4, -0.2) is 24.5 Å². The summed E-state index contributed by atoms with van der Waals surface area (Å²) in [5, 5.41) is 4.01. The van der Waals surface area contributed by atoms with Gasteiger partial charge in [-0.25, -0.2) is 0 Å². The van der Waals surface area contributed by atoms with E-state index in [9.17, 15) is 4.79 Å². The highest BCUT2D eigenvalue weighted by molar-refractivity contribution is 6.36. The number of carbonyl (C=O) groups excluding carboxylic acids is 1. The molecule has 0 aromatic heterocycles. The fourth-order valence-electron chi connectivity index (χ4n) is 2.19. The predicted molar refractivity (Wildman–Crippen MR) is 77.6 cm³/mol. The van der Waals surface area contributed by atoms with Crippen LogP contribution in [0.1, 0.15) is 37.0 Å². The lowest BCUT2D eigenvalue weighted by Gasteiger charge is -2.17. The van der Waals surface area contributed by atoms with Gasteiger partial charge in [-0.1, -0.05) is 23.2 Å². The van der Waals surface area contributed by atoms with E-state index in [1.165, 1.54) is 0 Å². The Morgan fingerprint density at radius 1 is 1.42 bits per heavy atom. The van der Waals surface area contributed by atoms with E-state index in [-0.39, 0.29) is 17.9 Å². The molecule has 1 atom stereocenters. The van der Waals surface area contributed by atoms with Gasteiger partial charge in [0.2, 0.25) is 0 Å². The molecule has 1 aromatic rings. The van der Waals surface area contributed by atoms with Crippen molar-refractivity contribution in [1.82, 2.24) is 5.32 Å². The number of nitrogens with one attached hydrogen (secondary N) is 1. The Labute approximate surface area is 123 Å². The summed E-state index contributed by atoms with van der Waals surface area (Å²) in [6, 6.07) is 3.07. The Hall–Kier alpha value is -0.770. The monoisotopic (exact) mass is 301 g/mol. The average molecular weight is 302 g/mol. The lowest BCUT2D eigenvalue weighted by Crippen LogP contribution is -2.31. The van der Waals surface area contributed by atoms with Crippen molar-refractivity contribution in [3.05, 3.63) is 27.7 Å². The molecule has 0 saturated carbocycles. The third-order valence-corrected chi connectivity index (χ3v) is 3.50. The minimum atomic E-state index is -0.163. The molecule has 0 radical (unpaired) electrons. The van der Waals surface area contributed by atoms with Crippen LogP contribution in [0.3, 0.4) is 0 Å². The van der Waals surface area contributed by atoms with E-state index >= 15 is 0 Å². The zero-order chi connectivity index (χ0) is 14.0. The van der Waals surface area contributed by atoms with Gasteiger partial charge in [-0.15, -0.1) is 0 Å². The van der Waals surface area contributed by atoms with Crippen LogP contribution in [0, 0.1) is 0 Å². The van der Waals surface area contributed by atoms with Gasteiger partial charge in [-0.3, -0.25) is 4.79 Å². The fraction of sp³-hybridized carbons (Fsp3) is 0.500. The Morgan fingerprint density at radius 3 is 2.74 bits per heavy atom. The highest BCUT2D eigenvalue weighted by Gasteiger charge is 2.27. The van der Waals surface area contributed by atoms with Crippen LogP contribution < -0.4 is 10.1 Å². The van der Waals surface area contributed by atoms with Gasteiger partial charge in [0, 0.05) is 5.02 Å². The smallest absolute Gasteiger partial charge is 0.183 e. The Balaban J connectivity index is 2.38. The van der Waals surface area contributed by atoms with E-state index < -0.39 is 0 Å². The van der Waals surface area contributed by atoms with E-state index in [0.29, 0.717) is 21.4 Å². The standard InChI is InChI=1S/C14H17Cl2NO2/c1-8(2)19-14-10(6-9(15)7-11(14)16)13(18)12-4-3-5-17-12/h6-8,12,17H,3-5H2,1-2H3. The summed E-state index contributed by atoms with van der Waals surface area (Å²) in [5.74, 6) is 0.428. The van der Waals surface area contributed by atoms with Crippen LogP contribution in [-0.2, 0) is 0 Å². The summed E-state index contributed by atoms with van der Waals surface area (Å²) in [6.45, 7) is 4.66. The van der Waals surface area contributed by atoms with Crippen molar-refractivity contribution >= 4 is 29.0 Å². The molecule has 1 N–H and O–H groups in total. The van der Waals surface area contributed by atoms with Crippen molar-refractivity contribution in [3.8, 4) is 5.75 Å². The van der Waals surface area contributed by atoms with E-state index in [4.69, 9.17) is 27.9 Å². The highest BCUT2D eigenvalue weighted by atomic mass is 35.5. The number of rotatable bonds is 4. The fourth-order valence-corrected chi connectivity index (χ4v) is 2.73. The van der Waals surface area contributed by atoms with Crippen LogP contribution >= 0.6 is 23.2 Å². The lowest BCUT2D eigenvalue weighted by molar-refractivity contribution is 0.0946. The molecule has 1 unspecified atom stereocenters. The van der Waals surface area contributed by atoms with Crippen LogP contribution in [0.5, 0.6) is 5.75 Å². The van der Waals surface area contributed by atoms with Crippen LogP contribution in [0.2, 0.25) is 10.0 Å². The third-order valence-electron chi connectivity index (χ3n) is 3.00. The maximum Gasteiger partial charge on any atom is 0.183 e. The molecule has 0 aliphatic carbocycles. The molecule has 2 rings (SSSR count). The van der Waals surface area contributed by atoms with Gasteiger partial charge in [0.05, 0.1) is 22.7 Å². The first-order chi connectivity index (χ1) is 8.99. The molecule has 0 spiro atoms. The number of Topliss-reactive ketones (excluding diaryl/α,β-unsaturated/α-hetero) is 1. The first-order valence-corrected chi connectivity index (χ1v) is 7.18. The number of ketones is 1. The summed E-state index contributed by atoms with van der Waals surface area (Å²) >= 11 is 12.1.